The lowest BCUT2D eigenvalue weighted by Crippen LogP contribution is -2.34. The largest absolute Gasteiger partial charge is 0.322 e. The van der Waals surface area contributed by atoms with Crippen LogP contribution in [0.1, 0.15) is 28.4 Å². The van der Waals surface area contributed by atoms with Crippen molar-refractivity contribution in [3.63, 3.8) is 0 Å². The number of fused-ring (bicyclic) bond motifs is 1. The van der Waals surface area contributed by atoms with Crippen LogP contribution in [0, 0.1) is 0 Å². The molecule has 0 bridgehead atoms. The average molecular weight is 388 g/mol. The van der Waals surface area contributed by atoms with Gasteiger partial charge in [0, 0.05) is 23.8 Å². The maximum atomic E-state index is 12.8. The first-order valence-electron chi connectivity index (χ1n) is 8.83. The summed E-state index contributed by atoms with van der Waals surface area (Å²) in [7, 11) is 0.624. The highest BCUT2D eigenvalue weighted by Crippen LogP contribution is 2.34. The molecule has 0 aromatic heterocycles. The van der Waals surface area contributed by atoms with Crippen molar-refractivity contribution >= 4 is 27.3 Å². The van der Waals surface area contributed by atoms with E-state index in [1.165, 1.54) is 10.6 Å². The molecule has 2 aromatic rings. The summed E-state index contributed by atoms with van der Waals surface area (Å²) < 4.78 is 25.5. The van der Waals surface area contributed by atoms with Gasteiger partial charge in [0.2, 0.25) is 10.0 Å². The molecule has 0 spiro atoms. The Labute approximate surface area is 160 Å². The molecule has 1 amide bonds. The second-order valence-corrected chi connectivity index (χ2v) is 9.16. The van der Waals surface area contributed by atoms with Gasteiger partial charge in [0.25, 0.3) is 5.91 Å². The molecule has 3 rings (SSSR count). The minimum absolute atomic E-state index is 0.144. The molecule has 1 aliphatic heterocycles. The Morgan fingerprint density at radius 2 is 1.93 bits per heavy atom. The lowest BCUT2D eigenvalue weighted by atomic mass is 10.1. The average Bonchev–Trinajstić information content (AvgIpc) is 2.91. The highest BCUT2D eigenvalue weighted by atomic mass is 32.2. The molecule has 144 valence electrons. The van der Waals surface area contributed by atoms with Crippen LogP contribution in [0.5, 0.6) is 0 Å². The fourth-order valence-corrected chi connectivity index (χ4v) is 4.83. The molecule has 7 heteroatoms. The van der Waals surface area contributed by atoms with E-state index in [4.69, 9.17) is 0 Å². The molecule has 1 unspecified atom stereocenters. The number of rotatable bonds is 5. The van der Waals surface area contributed by atoms with Gasteiger partial charge in [-0.15, -0.1) is 0 Å². The molecule has 1 atom stereocenters. The molecule has 1 heterocycles. The van der Waals surface area contributed by atoms with E-state index in [2.05, 4.69) is 5.32 Å². The minimum atomic E-state index is -3.34. The summed E-state index contributed by atoms with van der Waals surface area (Å²) in [6.07, 6.45) is 1.81. The number of benzene rings is 2. The Kier molecular flexibility index (Phi) is 5.26. The number of para-hydroxylation sites is 1. The van der Waals surface area contributed by atoms with Crippen molar-refractivity contribution in [3.8, 4) is 0 Å². The van der Waals surface area contributed by atoms with Crippen LogP contribution >= 0.6 is 0 Å². The van der Waals surface area contributed by atoms with Crippen molar-refractivity contribution in [3.05, 3.63) is 59.2 Å². The first-order chi connectivity index (χ1) is 12.7. The third kappa shape index (κ3) is 4.14. The maximum Gasteiger partial charge on any atom is 0.255 e. The summed E-state index contributed by atoms with van der Waals surface area (Å²) in [4.78, 5) is 14.8. The summed E-state index contributed by atoms with van der Waals surface area (Å²) in [5.41, 5.74) is 3.88. The number of carbonyl (C=O) groups is 1. The second kappa shape index (κ2) is 7.32. The zero-order chi connectivity index (χ0) is 19.8. The molecule has 1 N–H and O–H groups in total. The van der Waals surface area contributed by atoms with Gasteiger partial charge in [-0.05, 0) is 62.8 Å². The molecule has 27 heavy (non-hydrogen) atoms. The van der Waals surface area contributed by atoms with Crippen LogP contribution in [0.25, 0.3) is 0 Å². The Hall–Kier alpha value is -2.38. The molecule has 0 saturated carbocycles. The summed E-state index contributed by atoms with van der Waals surface area (Å²) in [6, 6.07) is 12.8. The van der Waals surface area contributed by atoms with Crippen molar-refractivity contribution in [2.45, 2.75) is 25.9 Å². The van der Waals surface area contributed by atoms with E-state index in [1.54, 1.807) is 18.2 Å². The topological polar surface area (TPSA) is 69.7 Å². The third-order valence-corrected chi connectivity index (χ3v) is 5.88. The van der Waals surface area contributed by atoms with Gasteiger partial charge in [0.15, 0.2) is 0 Å². The summed E-state index contributed by atoms with van der Waals surface area (Å²) >= 11 is 0. The SMILES string of the molecule is CC1Cc2cc(C(=O)Nc3ccccc3CN(C)C)ccc2N1S(C)(=O)=O. The van der Waals surface area contributed by atoms with Crippen molar-refractivity contribution in [1.82, 2.24) is 4.90 Å². The molecule has 1 aliphatic rings. The predicted molar refractivity (Wildman–Crippen MR) is 109 cm³/mol. The second-order valence-electron chi connectivity index (χ2n) is 7.30. The van der Waals surface area contributed by atoms with Crippen LogP contribution in [0.15, 0.2) is 42.5 Å². The van der Waals surface area contributed by atoms with Crippen molar-refractivity contribution in [1.29, 1.82) is 0 Å². The Morgan fingerprint density at radius 3 is 2.59 bits per heavy atom. The number of carbonyl (C=O) groups excluding carboxylic acids is 1. The number of hydrogen-bond donors (Lipinski definition) is 1. The lowest BCUT2D eigenvalue weighted by Gasteiger charge is -2.22. The zero-order valence-corrected chi connectivity index (χ0v) is 16.9. The van der Waals surface area contributed by atoms with Crippen LogP contribution in [0.2, 0.25) is 0 Å². The van der Waals surface area contributed by atoms with Gasteiger partial charge in [0.05, 0.1) is 11.9 Å². The van der Waals surface area contributed by atoms with E-state index >= 15 is 0 Å². The van der Waals surface area contributed by atoms with Gasteiger partial charge >= 0.3 is 0 Å². The predicted octanol–water partition coefficient (Wildman–Crippen LogP) is 2.71. The van der Waals surface area contributed by atoms with E-state index in [-0.39, 0.29) is 11.9 Å². The minimum Gasteiger partial charge on any atom is -0.322 e. The number of nitrogens with zero attached hydrogens (tertiary/aromatic N) is 2. The molecular weight excluding hydrogens is 362 g/mol. The Balaban J connectivity index is 1.85. The molecule has 0 aliphatic carbocycles. The molecule has 0 saturated heterocycles. The highest BCUT2D eigenvalue weighted by Gasteiger charge is 2.32. The highest BCUT2D eigenvalue weighted by molar-refractivity contribution is 7.92. The number of nitrogens with one attached hydrogen (secondary N) is 1. The van der Waals surface area contributed by atoms with Crippen LogP contribution in [-0.2, 0) is 23.0 Å². The molecule has 0 fully saturated rings. The Morgan fingerprint density at radius 1 is 1.22 bits per heavy atom. The van der Waals surface area contributed by atoms with Crippen LogP contribution in [0.3, 0.4) is 0 Å². The number of hydrogen-bond acceptors (Lipinski definition) is 4. The van der Waals surface area contributed by atoms with Crippen LogP contribution < -0.4 is 9.62 Å². The summed E-state index contributed by atoms with van der Waals surface area (Å²) in [5.74, 6) is -0.200. The van der Waals surface area contributed by atoms with Gasteiger partial charge < -0.3 is 10.2 Å². The normalized spacial score (nSPS) is 16.5. The fourth-order valence-electron chi connectivity index (χ4n) is 3.56. The van der Waals surface area contributed by atoms with Crippen molar-refractivity contribution in [2.24, 2.45) is 0 Å². The standard InChI is InChI=1S/C20H25N3O3S/c1-14-11-17-12-15(9-10-19(17)23(14)27(4,25)26)20(24)21-18-8-6-5-7-16(18)13-22(2)3/h5-10,12,14H,11,13H2,1-4H3,(H,21,24). The van der Waals surface area contributed by atoms with Gasteiger partial charge in [0.1, 0.15) is 0 Å². The van der Waals surface area contributed by atoms with Gasteiger partial charge in [-0.2, -0.15) is 0 Å². The van der Waals surface area contributed by atoms with Gasteiger partial charge in [-0.3, -0.25) is 9.10 Å². The van der Waals surface area contributed by atoms with Gasteiger partial charge in [-0.1, -0.05) is 18.2 Å². The van der Waals surface area contributed by atoms with E-state index in [9.17, 15) is 13.2 Å². The number of amides is 1. The lowest BCUT2D eigenvalue weighted by molar-refractivity contribution is 0.102. The quantitative estimate of drug-likeness (QED) is 0.856. The molecule has 0 radical (unpaired) electrons. The van der Waals surface area contributed by atoms with Crippen LogP contribution in [0.4, 0.5) is 11.4 Å². The molecule has 2 aromatic carbocycles. The molecule has 6 nitrogen and oxygen atoms in total. The number of anilines is 2. The van der Waals surface area contributed by atoms with E-state index in [1.807, 2.05) is 50.2 Å². The smallest absolute Gasteiger partial charge is 0.255 e. The van der Waals surface area contributed by atoms with Crippen LogP contribution in [-0.4, -0.2) is 45.6 Å². The van der Waals surface area contributed by atoms with Gasteiger partial charge in [-0.25, -0.2) is 8.42 Å². The fraction of sp³-hybridized carbons (Fsp3) is 0.350. The summed E-state index contributed by atoms with van der Waals surface area (Å²) in [6.45, 7) is 2.60. The monoisotopic (exact) mass is 387 g/mol. The van der Waals surface area contributed by atoms with E-state index < -0.39 is 10.0 Å². The van der Waals surface area contributed by atoms with Crippen molar-refractivity contribution in [2.75, 3.05) is 30.0 Å². The summed E-state index contributed by atoms with van der Waals surface area (Å²) in [5, 5.41) is 2.98. The van der Waals surface area contributed by atoms with E-state index in [0.29, 0.717) is 17.7 Å². The first-order valence-corrected chi connectivity index (χ1v) is 10.7. The molecular formula is C20H25N3O3S. The Bertz CT molecular complexity index is 970. The third-order valence-electron chi connectivity index (χ3n) is 4.60. The zero-order valence-electron chi connectivity index (χ0n) is 16.1. The first kappa shape index (κ1) is 19.4. The number of sulfonamides is 1. The van der Waals surface area contributed by atoms with Crippen molar-refractivity contribution < 1.29 is 13.2 Å². The maximum absolute atomic E-state index is 12.8. The van der Waals surface area contributed by atoms with E-state index in [0.717, 1.165) is 23.4 Å².